The maximum atomic E-state index is 14.2. The molecule has 3 rings (SSSR count). The van der Waals surface area contributed by atoms with Crippen LogP contribution < -0.4 is 4.74 Å². The van der Waals surface area contributed by atoms with E-state index in [1.165, 1.54) is 13.0 Å². The Hall–Kier alpha value is -1.85. The first-order valence-corrected chi connectivity index (χ1v) is 8.83. The van der Waals surface area contributed by atoms with Crippen LogP contribution in [-0.2, 0) is 0 Å². The van der Waals surface area contributed by atoms with Crippen molar-refractivity contribution < 1.29 is 26.7 Å². The van der Waals surface area contributed by atoms with Gasteiger partial charge in [-0.15, -0.1) is 0 Å². The van der Waals surface area contributed by atoms with Crippen molar-refractivity contribution in [1.82, 2.24) is 4.90 Å². The van der Waals surface area contributed by atoms with Gasteiger partial charge in [0.1, 0.15) is 12.3 Å². The molecule has 26 heavy (non-hydrogen) atoms. The number of hydrogen-bond donors (Lipinski definition) is 0. The molecule has 1 aliphatic heterocycles. The summed E-state index contributed by atoms with van der Waals surface area (Å²) in [5.41, 5.74) is -4.32. The van der Waals surface area contributed by atoms with Gasteiger partial charge in [0, 0.05) is 18.5 Å². The largest absolute Gasteiger partial charge is 0.483 e. The second-order valence-corrected chi connectivity index (χ2v) is 7.11. The number of alkyl halides is 4. The van der Waals surface area contributed by atoms with Crippen LogP contribution in [0.15, 0.2) is 27.5 Å². The monoisotopic (exact) mass is 387 g/mol. The molecule has 0 amide bonds. The molecule has 0 spiro atoms. The van der Waals surface area contributed by atoms with Crippen molar-refractivity contribution in [2.75, 3.05) is 20.1 Å². The maximum Gasteiger partial charge on any atom is 0.446 e. The SMILES string of the molecule is CC#Cc1oc2c(OC3CCN(C)CC3F)cccc2c1SC(F)(F)F. The third-order valence-electron chi connectivity index (χ3n) is 4.05. The molecular weight excluding hydrogens is 370 g/mol. The molecule has 3 nitrogen and oxygen atoms in total. The van der Waals surface area contributed by atoms with E-state index in [1.54, 1.807) is 12.1 Å². The van der Waals surface area contributed by atoms with Crippen molar-refractivity contribution >= 4 is 22.7 Å². The number of halogens is 4. The highest BCUT2D eigenvalue weighted by atomic mass is 32.2. The van der Waals surface area contributed by atoms with Crippen LogP contribution in [0.5, 0.6) is 5.75 Å². The zero-order valence-corrected chi connectivity index (χ0v) is 15.0. The minimum atomic E-state index is -4.48. The first kappa shape index (κ1) is 18.9. The lowest BCUT2D eigenvalue weighted by atomic mass is 10.1. The summed E-state index contributed by atoms with van der Waals surface area (Å²) in [6.07, 6.45) is -1.36. The molecule has 8 heteroatoms. The molecular formula is C18H17F4NO2S. The Kier molecular flexibility index (Phi) is 5.39. The summed E-state index contributed by atoms with van der Waals surface area (Å²) in [7, 11) is 1.83. The van der Waals surface area contributed by atoms with Crippen LogP contribution in [0.2, 0.25) is 0 Å². The van der Waals surface area contributed by atoms with Gasteiger partial charge in [0.25, 0.3) is 0 Å². The second-order valence-electron chi connectivity index (χ2n) is 6.04. The van der Waals surface area contributed by atoms with E-state index in [0.29, 0.717) is 13.0 Å². The smallest absolute Gasteiger partial charge is 0.446 e. The number of nitrogens with zero attached hydrogens (tertiary/aromatic N) is 1. The summed E-state index contributed by atoms with van der Waals surface area (Å²) in [6.45, 7) is 2.44. The average Bonchev–Trinajstić information content (AvgIpc) is 2.88. The predicted molar refractivity (Wildman–Crippen MR) is 92.1 cm³/mol. The lowest BCUT2D eigenvalue weighted by Crippen LogP contribution is -2.45. The van der Waals surface area contributed by atoms with Gasteiger partial charge in [0.2, 0.25) is 0 Å². The molecule has 2 unspecified atom stereocenters. The fraction of sp³-hybridized carbons (Fsp3) is 0.444. The summed E-state index contributed by atoms with van der Waals surface area (Å²) >= 11 is -0.273. The lowest BCUT2D eigenvalue weighted by Gasteiger charge is -2.32. The third kappa shape index (κ3) is 4.10. The van der Waals surface area contributed by atoms with E-state index in [0.717, 1.165) is 0 Å². The van der Waals surface area contributed by atoms with Crippen LogP contribution in [0.4, 0.5) is 17.6 Å². The van der Waals surface area contributed by atoms with E-state index >= 15 is 0 Å². The lowest BCUT2D eigenvalue weighted by molar-refractivity contribution is -0.0328. The second kappa shape index (κ2) is 7.41. The van der Waals surface area contributed by atoms with Crippen molar-refractivity contribution in [2.45, 2.75) is 36.0 Å². The van der Waals surface area contributed by atoms with Gasteiger partial charge in [-0.05, 0) is 50.2 Å². The summed E-state index contributed by atoms with van der Waals surface area (Å²) in [6, 6.07) is 4.66. The zero-order chi connectivity index (χ0) is 18.9. The van der Waals surface area contributed by atoms with E-state index in [4.69, 9.17) is 9.15 Å². The number of ether oxygens (including phenoxy) is 1. The van der Waals surface area contributed by atoms with Gasteiger partial charge in [-0.3, -0.25) is 0 Å². The van der Waals surface area contributed by atoms with Gasteiger partial charge in [-0.25, -0.2) is 4.39 Å². The standard InChI is InChI=1S/C18H17F4NO2S/c1-3-5-15-17(26-18(20,21)22)11-6-4-7-14(16(11)25-15)24-13-8-9-23(2)10-12(13)19/h4,6-7,12-13H,8-10H2,1-2H3. The van der Waals surface area contributed by atoms with E-state index in [2.05, 4.69) is 11.8 Å². The molecule has 140 valence electrons. The van der Waals surface area contributed by atoms with Gasteiger partial charge in [-0.1, -0.05) is 12.0 Å². The van der Waals surface area contributed by atoms with Crippen molar-refractivity contribution in [2.24, 2.45) is 0 Å². The highest BCUT2D eigenvalue weighted by Crippen LogP contribution is 2.45. The van der Waals surface area contributed by atoms with Gasteiger partial charge < -0.3 is 14.1 Å². The van der Waals surface area contributed by atoms with Crippen molar-refractivity contribution in [3.63, 3.8) is 0 Å². The Morgan fingerprint density at radius 1 is 1.35 bits per heavy atom. The molecule has 2 atom stereocenters. The van der Waals surface area contributed by atoms with Crippen molar-refractivity contribution in [1.29, 1.82) is 0 Å². The molecule has 0 N–H and O–H groups in total. The normalized spacial score (nSPS) is 21.5. The Bertz CT molecular complexity index is 852. The Morgan fingerprint density at radius 3 is 2.77 bits per heavy atom. The zero-order valence-electron chi connectivity index (χ0n) is 14.2. The minimum Gasteiger partial charge on any atom is -0.483 e. The number of furan rings is 1. The molecule has 1 fully saturated rings. The third-order valence-corrected chi connectivity index (χ3v) is 4.89. The van der Waals surface area contributed by atoms with Gasteiger partial charge >= 0.3 is 5.51 Å². The fourth-order valence-corrected chi connectivity index (χ4v) is 3.59. The molecule has 2 heterocycles. The van der Waals surface area contributed by atoms with Gasteiger partial charge in [0.15, 0.2) is 17.1 Å². The predicted octanol–water partition coefficient (Wildman–Crippen LogP) is 4.84. The summed E-state index contributed by atoms with van der Waals surface area (Å²) in [5, 5.41) is 0.255. The van der Waals surface area contributed by atoms with Crippen LogP contribution in [0.1, 0.15) is 19.1 Å². The quantitative estimate of drug-likeness (QED) is 0.428. The number of hydrogen-bond acceptors (Lipinski definition) is 4. The topological polar surface area (TPSA) is 25.6 Å². The number of benzene rings is 1. The summed E-state index contributed by atoms with van der Waals surface area (Å²) in [5.74, 6) is 5.27. The van der Waals surface area contributed by atoms with Crippen LogP contribution >= 0.6 is 11.8 Å². The van der Waals surface area contributed by atoms with E-state index in [9.17, 15) is 17.6 Å². The molecule has 0 bridgehead atoms. The summed E-state index contributed by atoms with van der Waals surface area (Å²) < 4.78 is 64.3. The molecule has 1 aliphatic rings. The highest BCUT2D eigenvalue weighted by molar-refractivity contribution is 8.00. The van der Waals surface area contributed by atoms with Crippen molar-refractivity contribution in [3.8, 4) is 17.6 Å². The number of thioether (sulfide) groups is 1. The van der Waals surface area contributed by atoms with Crippen LogP contribution in [0, 0.1) is 11.8 Å². The van der Waals surface area contributed by atoms with Gasteiger partial charge in [0.05, 0.1) is 4.90 Å². The van der Waals surface area contributed by atoms with Crippen molar-refractivity contribution in [3.05, 3.63) is 24.0 Å². The molecule has 2 aromatic rings. The Morgan fingerprint density at radius 2 is 2.12 bits per heavy atom. The molecule has 0 saturated carbocycles. The maximum absolute atomic E-state index is 14.2. The number of piperidine rings is 1. The minimum absolute atomic E-state index is 0.0685. The molecule has 1 aromatic carbocycles. The number of fused-ring (bicyclic) bond motifs is 1. The van der Waals surface area contributed by atoms with Gasteiger partial charge in [-0.2, -0.15) is 13.2 Å². The molecule has 1 saturated heterocycles. The summed E-state index contributed by atoms with van der Waals surface area (Å²) in [4.78, 5) is 1.76. The molecule has 0 aliphatic carbocycles. The van der Waals surface area contributed by atoms with Crippen LogP contribution in [0.3, 0.4) is 0 Å². The number of likely N-dealkylation sites (tertiary alicyclic amines) is 1. The fourth-order valence-electron chi connectivity index (χ4n) is 2.91. The average molecular weight is 387 g/mol. The molecule has 1 aromatic heterocycles. The Balaban J connectivity index is 1.99. The van der Waals surface area contributed by atoms with E-state index < -0.39 is 17.8 Å². The number of para-hydroxylation sites is 1. The van der Waals surface area contributed by atoms with Crippen LogP contribution in [0.25, 0.3) is 11.0 Å². The first-order chi connectivity index (χ1) is 12.3. The van der Waals surface area contributed by atoms with Crippen LogP contribution in [-0.4, -0.2) is 42.8 Å². The van der Waals surface area contributed by atoms with E-state index in [1.807, 2.05) is 11.9 Å². The number of rotatable bonds is 3. The highest BCUT2D eigenvalue weighted by Gasteiger charge is 2.34. The Labute approximate surface area is 152 Å². The first-order valence-electron chi connectivity index (χ1n) is 8.02. The molecule has 0 radical (unpaired) electrons. The van der Waals surface area contributed by atoms with E-state index in [-0.39, 0.29) is 45.7 Å².